The van der Waals surface area contributed by atoms with Crippen LogP contribution in [0.4, 0.5) is 4.79 Å². The first-order valence-corrected chi connectivity index (χ1v) is 12.8. The molecule has 34 heavy (non-hydrogen) atoms. The first-order chi connectivity index (χ1) is 16.1. The molecular formula is C22H30N4O7S. The van der Waals surface area contributed by atoms with Gasteiger partial charge in [0, 0.05) is 32.2 Å². The molecule has 1 aromatic rings. The maximum Gasteiger partial charge on any atom is 0.325 e. The molecule has 1 spiro atoms. The summed E-state index contributed by atoms with van der Waals surface area (Å²) in [6.45, 7) is 2.05. The van der Waals surface area contributed by atoms with Crippen LogP contribution in [0.1, 0.15) is 32.6 Å². The second kappa shape index (κ2) is 9.06. The molecule has 1 aliphatic carbocycles. The van der Waals surface area contributed by atoms with Crippen molar-refractivity contribution in [3.63, 3.8) is 0 Å². The number of nitrogens with one attached hydrogen (secondary N) is 1. The number of ether oxygens (including phenoxy) is 2. The van der Waals surface area contributed by atoms with Crippen molar-refractivity contribution in [2.75, 3.05) is 40.4 Å². The molecule has 0 radical (unpaired) electrons. The van der Waals surface area contributed by atoms with E-state index < -0.39 is 27.6 Å². The Hall–Kier alpha value is -2.86. The van der Waals surface area contributed by atoms with Crippen LogP contribution >= 0.6 is 0 Å². The van der Waals surface area contributed by atoms with Gasteiger partial charge in [0.25, 0.3) is 5.91 Å². The van der Waals surface area contributed by atoms with E-state index in [4.69, 9.17) is 9.47 Å². The number of urea groups is 1. The van der Waals surface area contributed by atoms with Crippen molar-refractivity contribution in [1.29, 1.82) is 0 Å². The molecule has 11 nitrogen and oxygen atoms in total. The van der Waals surface area contributed by atoms with Crippen LogP contribution in [0.3, 0.4) is 0 Å². The van der Waals surface area contributed by atoms with Gasteiger partial charge in [-0.25, -0.2) is 18.1 Å². The third kappa shape index (κ3) is 3.98. The van der Waals surface area contributed by atoms with Crippen molar-refractivity contribution in [3.8, 4) is 11.5 Å². The van der Waals surface area contributed by atoms with Crippen molar-refractivity contribution in [3.05, 3.63) is 18.2 Å². The molecule has 186 valence electrons. The summed E-state index contributed by atoms with van der Waals surface area (Å²) in [5, 5.41) is 2.79. The number of rotatable bonds is 6. The van der Waals surface area contributed by atoms with E-state index >= 15 is 0 Å². The van der Waals surface area contributed by atoms with Gasteiger partial charge in [-0.15, -0.1) is 0 Å². The highest BCUT2D eigenvalue weighted by molar-refractivity contribution is 7.89. The third-order valence-corrected chi connectivity index (χ3v) is 8.83. The van der Waals surface area contributed by atoms with Gasteiger partial charge in [-0.05, 0) is 31.9 Å². The Balaban J connectivity index is 1.42. The fourth-order valence-electron chi connectivity index (χ4n) is 4.96. The van der Waals surface area contributed by atoms with Crippen LogP contribution in [0.5, 0.6) is 11.5 Å². The fourth-order valence-corrected chi connectivity index (χ4v) is 6.40. The number of sulfonamides is 1. The van der Waals surface area contributed by atoms with E-state index in [1.54, 1.807) is 6.92 Å². The van der Waals surface area contributed by atoms with Crippen LogP contribution in [0, 0.1) is 0 Å². The SMILES string of the molecule is COc1ccc(S(=O)(=O)N2CCN(C(=O)C(C)N3C(=O)NC4(CCCC4)C3=O)CC2)cc1OC. The minimum atomic E-state index is -3.81. The number of methoxy groups -OCH3 is 2. The van der Waals surface area contributed by atoms with E-state index in [-0.39, 0.29) is 42.9 Å². The molecular weight excluding hydrogens is 464 g/mol. The molecule has 2 heterocycles. The summed E-state index contributed by atoms with van der Waals surface area (Å²) in [6.07, 6.45) is 2.89. The molecule has 1 unspecified atom stereocenters. The van der Waals surface area contributed by atoms with Gasteiger partial charge in [-0.1, -0.05) is 12.8 Å². The highest BCUT2D eigenvalue weighted by atomic mass is 32.2. The number of piperazine rings is 1. The van der Waals surface area contributed by atoms with Gasteiger partial charge < -0.3 is 19.7 Å². The van der Waals surface area contributed by atoms with Crippen LogP contribution in [0.25, 0.3) is 0 Å². The Morgan fingerprint density at radius 1 is 1.03 bits per heavy atom. The maximum atomic E-state index is 13.1. The van der Waals surface area contributed by atoms with Crippen LogP contribution in [-0.4, -0.2) is 92.3 Å². The summed E-state index contributed by atoms with van der Waals surface area (Å²) < 4.78 is 37.9. The Bertz CT molecular complexity index is 1090. The molecule has 1 saturated carbocycles. The summed E-state index contributed by atoms with van der Waals surface area (Å²) >= 11 is 0. The quantitative estimate of drug-likeness (QED) is 0.580. The largest absolute Gasteiger partial charge is 0.493 e. The van der Waals surface area contributed by atoms with Gasteiger partial charge in [0.1, 0.15) is 11.6 Å². The molecule has 2 aliphatic heterocycles. The number of carbonyl (C=O) groups is 3. The first kappa shape index (κ1) is 24.3. The second-order valence-corrected chi connectivity index (χ2v) is 10.8. The summed E-state index contributed by atoms with van der Waals surface area (Å²) in [6, 6.07) is 2.89. The van der Waals surface area contributed by atoms with E-state index in [9.17, 15) is 22.8 Å². The Morgan fingerprint density at radius 2 is 1.65 bits per heavy atom. The zero-order chi connectivity index (χ0) is 24.7. The van der Waals surface area contributed by atoms with Gasteiger partial charge in [0.15, 0.2) is 11.5 Å². The van der Waals surface area contributed by atoms with E-state index in [2.05, 4.69) is 5.32 Å². The number of nitrogens with zero attached hydrogens (tertiary/aromatic N) is 3. The van der Waals surface area contributed by atoms with Gasteiger partial charge in [0.2, 0.25) is 15.9 Å². The van der Waals surface area contributed by atoms with Crippen LogP contribution < -0.4 is 14.8 Å². The van der Waals surface area contributed by atoms with Gasteiger partial charge in [0.05, 0.1) is 19.1 Å². The molecule has 0 aromatic heterocycles. The lowest BCUT2D eigenvalue weighted by Gasteiger charge is -2.36. The van der Waals surface area contributed by atoms with Crippen LogP contribution in [0.2, 0.25) is 0 Å². The number of hydrogen-bond acceptors (Lipinski definition) is 7. The lowest BCUT2D eigenvalue weighted by atomic mass is 9.97. The number of benzene rings is 1. The predicted octanol–water partition coefficient (Wildman–Crippen LogP) is 0.790. The molecule has 4 rings (SSSR count). The van der Waals surface area contributed by atoms with Gasteiger partial charge in [-0.2, -0.15) is 4.31 Å². The second-order valence-electron chi connectivity index (χ2n) is 8.82. The minimum absolute atomic E-state index is 0.0690. The van der Waals surface area contributed by atoms with Crippen LogP contribution in [0.15, 0.2) is 23.1 Å². The molecule has 4 amide bonds. The van der Waals surface area contributed by atoms with Gasteiger partial charge >= 0.3 is 6.03 Å². The Morgan fingerprint density at radius 3 is 2.24 bits per heavy atom. The Kier molecular flexibility index (Phi) is 6.47. The summed E-state index contributed by atoms with van der Waals surface area (Å²) in [4.78, 5) is 41.2. The minimum Gasteiger partial charge on any atom is -0.493 e. The topological polar surface area (TPSA) is 126 Å². The van der Waals surface area contributed by atoms with Crippen molar-refractivity contribution >= 4 is 27.9 Å². The molecule has 1 atom stereocenters. The zero-order valence-electron chi connectivity index (χ0n) is 19.6. The van der Waals surface area contributed by atoms with E-state index in [0.717, 1.165) is 17.7 Å². The number of amides is 4. The number of imide groups is 1. The molecule has 1 N–H and O–H groups in total. The fraction of sp³-hybridized carbons (Fsp3) is 0.591. The number of hydrogen-bond donors (Lipinski definition) is 1. The zero-order valence-corrected chi connectivity index (χ0v) is 20.4. The molecule has 3 fully saturated rings. The average Bonchev–Trinajstić information content (AvgIpc) is 3.41. The van der Waals surface area contributed by atoms with E-state index in [1.807, 2.05) is 0 Å². The molecule has 12 heteroatoms. The molecule has 0 bridgehead atoms. The van der Waals surface area contributed by atoms with Crippen molar-refractivity contribution in [2.24, 2.45) is 0 Å². The summed E-state index contributed by atoms with van der Waals surface area (Å²) in [5.41, 5.74) is -0.877. The predicted molar refractivity (Wildman–Crippen MR) is 121 cm³/mol. The lowest BCUT2D eigenvalue weighted by Crippen LogP contribution is -2.56. The standard InChI is InChI=1S/C22H30N4O7S/c1-15(26-20(28)22(23-21(26)29)8-4-5-9-22)19(27)24-10-12-25(13-11-24)34(30,31)16-6-7-17(32-2)18(14-16)33-3/h6-7,14-15H,4-5,8-13H2,1-3H3,(H,23,29). The first-order valence-electron chi connectivity index (χ1n) is 11.3. The van der Waals surface area contributed by atoms with Gasteiger partial charge in [-0.3, -0.25) is 9.59 Å². The Labute approximate surface area is 199 Å². The third-order valence-electron chi connectivity index (χ3n) is 6.94. The smallest absolute Gasteiger partial charge is 0.325 e. The molecule has 3 aliphatic rings. The summed E-state index contributed by atoms with van der Waals surface area (Å²) in [7, 11) is -0.908. The number of carbonyl (C=O) groups excluding carboxylic acids is 3. The molecule has 1 aromatic carbocycles. The van der Waals surface area contributed by atoms with Crippen LogP contribution in [-0.2, 0) is 19.6 Å². The summed E-state index contributed by atoms with van der Waals surface area (Å²) in [5.74, 6) is 0.0118. The lowest BCUT2D eigenvalue weighted by molar-refractivity contribution is -0.143. The molecule has 2 saturated heterocycles. The van der Waals surface area contributed by atoms with Crippen molar-refractivity contribution in [1.82, 2.24) is 19.4 Å². The van der Waals surface area contributed by atoms with E-state index in [0.29, 0.717) is 24.3 Å². The normalized spacial score (nSPS) is 21.6. The monoisotopic (exact) mass is 494 g/mol. The maximum absolute atomic E-state index is 13.1. The highest BCUT2D eigenvalue weighted by Crippen LogP contribution is 2.36. The highest BCUT2D eigenvalue weighted by Gasteiger charge is 2.55. The van der Waals surface area contributed by atoms with Crippen molar-refractivity contribution < 1.29 is 32.3 Å². The van der Waals surface area contributed by atoms with Crippen molar-refractivity contribution in [2.45, 2.75) is 49.1 Å². The van der Waals surface area contributed by atoms with E-state index in [1.165, 1.54) is 41.6 Å². The average molecular weight is 495 g/mol.